The van der Waals surface area contributed by atoms with E-state index in [1.165, 1.54) is 51.7 Å². The number of nitrogens with one attached hydrogen (secondary N) is 1. The highest BCUT2D eigenvalue weighted by molar-refractivity contribution is 4.79. The van der Waals surface area contributed by atoms with E-state index in [1.54, 1.807) is 0 Å². The number of piperidine rings is 1. The normalized spacial score (nSPS) is 26.5. The molecular weight excluding hydrogens is 160 g/mol. The van der Waals surface area contributed by atoms with E-state index in [0.29, 0.717) is 0 Å². The van der Waals surface area contributed by atoms with Crippen LogP contribution in [0.3, 0.4) is 0 Å². The lowest BCUT2D eigenvalue weighted by molar-refractivity contribution is 0.197. The van der Waals surface area contributed by atoms with Crippen LogP contribution in [0.2, 0.25) is 0 Å². The molecule has 0 unspecified atom stereocenters. The molecule has 2 rings (SSSR count). The number of hydrogen-bond acceptors (Lipinski definition) is 2. The highest BCUT2D eigenvalue weighted by atomic mass is 15.1. The van der Waals surface area contributed by atoms with Crippen LogP contribution >= 0.6 is 0 Å². The zero-order chi connectivity index (χ0) is 9.10. The third-order valence-electron chi connectivity index (χ3n) is 3.55. The summed E-state index contributed by atoms with van der Waals surface area (Å²) in [6, 6.07) is 0.789. The second kappa shape index (κ2) is 4.43. The molecular formula is C11H22N2. The molecule has 0 aromatic carbocycles. The van der Waals surface area contributed by atoms with Gasteiger partial charge in [0.2, 0.25) is 0 Å². The van der Waals surface area contributed by atoms with Gasteiger partial charge in [-0.1, -0.05) is 12.8 Å². The Kier molecular flexibility index (Phi) is 3.23. The summed E-state index contributed by atoms with van der Waals surface area (Å²) in [6.45, 7) is 4.00. The lowest BCUT2D eigenvalue weighted by Crippen LogP contribution is -2.41. The Hall–Kier alpha value is -0.0800. The molecule has 0 bridgehead atoms. The maximum Gasteiger partial charge on any atom is 0.00884 e. The molecule has 2 fully saturated rings. The summed E-state index contributed by atoms with van der Waals surface area (Å²) in [6.07, 6.45) is 7.17. The summed E-state index contributed by atoms with van der Waals surface area (Å²) in [5, 5.41) is 3.37. The zero-order valence-electron chi connectivity index (χ0n) is 8.76. The van der Waals surface area contributed by atoms with E-state index >= 15 is 0 Å². The van der Waals surface area contributed by atoms with Gasteiger partial charge < -0.3 is 10.2 Å². The van der Waals surface area contributed by atoms with Gasteiger partial charge in [0, 0.05) is 6.04 Å². The molecule has 1 aliphatic carbocycles. The van der Waals surface area contributed by atoms with E-state index in [-0.39, 0.29) is 0 Å². The van der Waals surface area contributed by atoms with Crippen LogP contribution in [0.1, 0.15) is 32.1 Å². The fourth-order valence-corrected chi connectivity index (χ4v) is 2.22. The van der Waals surface area contributed by atoms with E-state index in [4.69, 9.17) is 0 Å². The van der Waals surface area contributed by atoms with Crippen molar-refractivity contribution in [2.75, 3.05) is 26.7 Å². The van der Waals surface area contributed by atoms with Gasteiger partial charge in [0.1, 0.15) is 0 Å². The van der Waals surface area contributed by atoms with Gasteiger partial charge >= 0.3 is 0 Å². The molecule has 76 valence electrons. The van der Waals surface area contributed by atoms with Gasteiger partial charge in [-0.05, 0) is 51.9 Å². The molecule has 1 N–H and O–H groups in total. The van der Waals surface area contributed by atoms with Crippen LogP contribution in [0.5, 0.6) is 0 Å². The first kappa shape index (κ1) is 9.47. The smallest absolute Gasteiger partial charge is 0.00884 e. The predicted octanol–water partition coefficient (Wildman–Crippen LogP) is 1.47. The molecule has 1 heterocycles. The van der Waals surface area contributed by atoms with Crippen molar-refractivity contribution in [1.82, 2.24) is 10.2 Å². The minimum atomic E-state index is 0.789. The van der Waals surface area contributed by atoms with Crippen molar-refractivity contribution >= 4 is 0 Å². The highest BCUT2D eigenvalue weighted by Gasteiger charge is 2.23. The Balaban J connectivity index is 1.59. The maximum absolute atomic E-state index is 3.37. The number of nitrogens with zero attached hydrogens (tertiary/aromatic N) is 1. The summed E-state index contributed by atoms with van der Waals surface area (Å²) in [5.74, 6) is 1.10. The third-order valence-corrected chi connectivity index (χ3v) is 3.55. The Morgan fingerprint density at radius 2 is 1.85 bits per heavy atom. The SMILES string of the molecule is CNC1CCN(CCC2CC2)CC1. The first-order valence-electron chi connectivity index (χ1n) is 5.78. The van der Waals surface area contributed by atoms with Crippen molar-refractivity contribution in [3.8, 4) is 0 Å². The molecule has 1 saturated carbocycles. The Labute approximate surface area is 81.7 Å². The first-order valence-corrected chi connectivity index (χ1v) is 5.78. The molecule has 13 heavy (non-hydrogen) atoms. The molecule has 0 atom stereocenters. The number of likely N-dealkylation sites (tertiary alicyclic amines) is 1. The van der Waals surface area contributed by atoms with E-state index in [0.717, 1.165) is 12.0 Å². The fraction of sp³-hybridized carbons (Fsp3) is 1.00. The second-order valence-electron chi connectivity index (χ2n) is 4.64. The molecule has 2 heteroatoms. The molecule has 1 aliphatic heterocycles. The van der Waals surface area contributed by atoms with Crippen LogP contribution in [-0.2, 0) is 0 Å². The van der Waals surface area contributed by atoms with Gasteiger partial charge in [-0.2, -0.15) is 0 Å². The van der Waals surface area contributed by atoms with Crippen LogP contribution in [0, 0.1) is 5.92 Å². The molecule has 2 aliphatic rings. The Morgan fingerprint density at radius 3 is 2.38 bits per heavy atom. The molecule has 2 nitrogen and oxygen atoms in total. The monoisotopic (exact) mass is 182 g/mol. The van der Waals surface area contributed by atoms with Gasteiger partial charge in [-0.3, -0.25) is 0 Å². The van der Waals surface area contributed by atoms with Gasteiger partial charge in [0.05, 0.1) is 0 Å². The van der Waals surface area contributed by atoms with Crippen molar-refractivity contribution in [3.05, 3.63) is 0 Å². The molecule has 0 amide bonds. The number of hydrogen-bond donors (Lipinski definition) is 1. The van der Waals surface area contributed by atoms with E-state index in [1.807, 2.05) is 0 Å². The summed E-state index contributed by atoms with van der Waals surface area (Å²) in [4.78, 5) is 2.64. The van der Waals surface area contributed by atoms with Crippen LogP contribution in [0.4, 0.5) is 0 Å². The summed E-state index contributed by atoms with van der Waals surface area (Å²) in [7, 11) is 2.09. The van der Waals surface area contributed by atoms with Crippen LogP contribution < -0.4 is 5.32 Å². The zero-order valence-corrected chi connectivity index (χ0v) is 8.76. The van der Waals surface area contributed by atoms with Crippen molar-refractivity contribution < 1.29 is 0 Å². The Morgan fingerprint density at radius 1 is 1.15 bits per heavy atom. The molecule has 0 spiro atoms. The standard InChI is InChI=1S/C11H22N2/c1-12-11-5-8-13(9-6-11)7-4-10-2-3-10/h10-12H,2-9H2,1H3. The average molecular weight is 182 g/mol. The van der Waals surface area contributed by atoms with E-state index in [9.17, 15) is 0 Å². The van der Waals surface area contributed by atoms with Gasteiger partial charge in [-0.15, -0.1) is 0 Å². The van der Waals surface area contributed by atoms with E-state index in [2.05, 4.69) is 17.3 Å². The largest absolute Gasteiger partial charge is 0.317 e. The lowest BCUT2D eigenvalue weighted by Gasteiger charge is -2.31. The first-order chi connectivity index (χ1) is 6.38. The highest BCUT2D eigenvalue weighted by Crippen LogP contribution is 2.32. The number of rotatable bonds is 4. The van der Waals surface area contributed by atoms with Crippen molar-refractivity contribution in [1.29, 1.82) is 0 Å². The summed E-state index contributed by atoms with van der Waals surface area (Å²) < 4.78 is 0. The van der Waals surface area contributed by atoms with Crippen LogP contribution in [0.25, 0.3) is 0 Å². The van der Waals surface area contributed by atoms with Gasteiger partial charge in [0.25, 0.3) is 0 Å². The molecule has 0 aromatic heterocycles. The lowest BCUT2D eigenvalue weighted by atomic mass is 10.1. The molecule has 0 aromatic rings. The minimum absolute atomic E-state index is 0.789. The minimum Gasteiger partial charge on any atom is -0.317 e. The van der Waals surface area contributed by atoms with Gasteiger partial charge in [0.15, 0.2) is 0 Å². The molecule has 1 saturated heterocycles. The summed E-state index contributed by atoms with van der Waals surface area (Å²) in [5.41, 5.74) is 0. The third kappa shape index (κ3) is 2.96. The van der Waals surface area contributed by atoms with Crippen molar-refractivity contribution in [2.45, 2.75) is 38.1 Å². The van der Waals surface area contributed by atoms with Crippen LogP contribution in [0.15, 0.2) is 0 Å². The van der Waals surface area contributed by atoms with Gasteiger partial charge in [-0.25, -0.2) is 0 Å². The van der Waals surface area contributed by atoms with E-state index < -0.39 is 0 Å². The Bertz CT molecular complexity index is 146. The fourth-order valence-electron chi connectivity index (χ4n) is 2.22. The average Bonchev–Trinajstić information content (AvgIpc) is 2.99. The van der Waals surface area contributed by atoms with Crippen molar-refractivity contribution in [2.24, 2.45) is 5.92 Å². The quantitative estimate of drug-likeness (QED) is 0.708. The molecule has 0 radical (unpaired) electrons. The van der Waals surface area contributed by atoms with Crippen LogP contribution in [-0.4, -0.2) is 37.6 Å². The topological polar surface area (TPSA) is 15.3 Å². The predicted molar refractivity (Wildman–Crippen MR) is 55.9 cm³/mol. The van der Waals surface area contributed by atoms with Crippen molar-refractivity contribution in [3.63, 3.8) is 0 Å². The maximum atomic E-state index is 3.37. The second-order valence-corrected chi connectivity index (χ2v) is 4.64. The summed E-state index contributed by atoms with van der Waals surface area (Å²) >= 11 is 0.